The van der Waals surface area contributed by atoms with E-state index < -0.39 is 22.1 Å². The number of fused-ring (bicyclic) bond motifs is 1. The van der Waals surface area contributed by atoms with Gasteiger partial charge in [-0.3, -0.25) is 4.79 Å². The summed E-state index contributed by atoms with van der Waals surface area (Å²) in [5, 5.41) is 2.68. The molecule has 1 aliphatic rings. The summed E-state index contributed by atoms with van der Waals surface area (Å²) in [5.41, 5.74) is 0.716. The lowest BCUT2D eigenvalue weighted by Gasteiger charge is -2.09. The largest absolute Gasteiger partial charge is 0.573 e. The van der Waals surface area contributed by atoms with Gasteiger partial charge in [-0.15, -0.1) is 13.2 Å². The Morgan fingerprint density at radius 2 is 1.93 bits per heavy atom. The van der Waals surface area contributed by atoms with E-state index in [9.17, 15) is 26.4 Å². The van der Waals surface area contributed by atoms with Crippen molar-refractivity contribution in [3.05, 3.63) is 47.8 Å². The molecule has 11 heteroatoms. The number of carbonyl (C=O) groups is 1. The third-order valence-corrected chi connectivity index (χ3v) is 5.27. The van der Waals surface area contributed by atoms with Crippen LogP contribution in [0.2, 0.25) is 0 Å². The van der Waals surface area contributed by atoms with Crippen molar-refractivity contribution in [1.82, 2.24) is 14.6 Å². The van der Waals surface area contributed by atoms with Crippen molar-refractivity contribution in [2.45, 2.75) is 30.8 Å². The number of ether oxygens (including phenoxy) is 1. The van der Waals surface area contributed by atoms with E-state index in [1.54, 1.807) is 4.57 Å². The first-order valence-corrected chi connectivity index (χ1v) is 9.45. The molecule has 3 rings (SSSR count). The summed E-state index contributed by atoms with van der Waals surface area (Å²) in [6.07, 6.45) is -2.71. The van der Waals surface area contributed by atoms with Gasteiger partial charge in [-0.1, -0.05) is 12.1 Å². The Balaban J connectivity index is 1.69. The van der Waals surface area contributed by atoms with E-state index in [-0.39, 0.29) is 23.0 Å². The third-order valence-electron chi connectivity index (χ3n) is 3.90. The zero-order chi connectivity index (χ0) is 19.7. The predicted octanol–water partition coefficient (Wildman–Crippen LogP) is 2.00. The Morgan fingerprint density at radius 1 is 1.22 bits per heavy atom. The highest BCUT2D eigenvalue weighted by Gasteiger charge is 2.31. The fourth-order valence-corrected chi connectivity index (χ4v) is 3.67. The first-order valence-electron chi connectivity index (χ1n) is 7.97. The molecule has 0 bridgehead atoms. The number of amides is 1. The second-order valence-electron chi connectivity index (χ2n) is 5.88. The van der Waals surface area contributed by atoms with Crippen molar-refractivity contribution < 1.29 is 31.1 Å². The lowest BCUT2D eigenvalue weighted by Crippen LogP contribution is -2.24. The molecule has 1 aromatic carbocycles. The number of nitrogens with one attached hydrogen (secondary N) is 2. The Morgan fingerprint density at radius 3 is 2.59 bits per heavy atom. The number of hydrogen-bond donors (Lipinski definition) is 2. The van der Waals surface area contributed by atoms with Crippen molar-refractivity contribution >= 4 is 15.9 Å². The topological polar surface area (TPSA) is 89.4 Å². The van der Waals surface area contributed by atoms with Crippen LogP contribution in [0.15, 0.2) is 41.4 Å². The SMILES string of the molecule is O=C1NCCCn2cc(S(=O)(=O)NCc3ccc(OC(F)(F)F)cc3)cc21. The van der Waals surface area contributed by atoms with Gasteiger partial charge in [-0.05, 0) is 30.2 Å². The quantitative estimate of drug-likeness (QED) is 0.799. The second-order valence-corrected chi connectivity index (χ2v) is 7.65. The molecule has 146 valence electrons. The molecule has 1 aliphatic heterocycles. The van der Waals surface area contributed by atoms with Crippen LogP contribution in [0.5, 0.6) is 5.75 Å². The maximum absolute atomic E-state index is 12.4. The maximum atomic E-state index is 12.4. The Hall–Kier alpha value is -2.53. The number of hydrogen-bond acceptors (Lipinski definition) is 4. The molecular weight excluding hydrogens is 387 g/mol. The summed E-state index contributed by atoms with van der Waals surface area (Å²) in [4.78, 5) is 11.9. The number of benzene rings is 1. The second kappa shape index (κ2) is 7.24. The van der Waals surface area contributed by atoms with Crippen molar-refractivity contribution in [2.24, 2.45) is 0 Å². The fourth-order valence-electron chi connectivity index (χ4n) is 2.62. The lowest BCUT2D eigenvalue weighted by molar-refractivity contribution is -0.274. The first kappa shape index (κ1) is 19.2. The smallest absolute Gasteiger partial charge is 0.406 e. The summed E-state index contributed by atoms with van der Waals surface area (Å²) < 4.78 is 69.0. The molecule has 1 aromatic heterocycles. The van der Waals surface area contributed by atoms with E-state index in [0.29, 0.717) is 25.1 Å². The van der Waals surface area contributed by atoms with Crippen molar-refractivity contribution in [2.75, 3.05) is 6.54 Å². The number of alkyl halides is 3. The van der Waals surface area contributed by atoms with E-state index in [1.807, 2.05) is 0 Å². The molecule has 1 amide bonds. The summed E-state index contributed by atoms with van der Waals surface area (Å²) >= 11 is 0. The standard InChI is InChI=1S/C16H16F3N3O4S/c17-16(18,19)26-12-4-2-11(3-5-12)9-21-27(24,25)13-8-14-15(23)20-6-1-7-22(14)10-13/h2-5,8,10,21H,1,6-7,9H2,(H,20,23). The van der Waals surface area contributed by atoms with Gasteiger partial charge in [-0.2, -0.15) is 0 Å². The Labute approximate surface area is 153 Å². The average Bonchev–Trinajstić information content (AvgIpc) is 2.95. The van der Waals surface area contributed by atoms with Crippen LogP contribution >= 0.6 is 0 Å². The molecule has 0 unspecified atom stereocenters. The average molecular weight is 403 g/mol. The number of aromatic nitrogens is 1. The number of nitrogens with zero attached hydrogens (tertiary/aromatic N) is 1. The van der Waals surface area contributed by atoms with Crippen LogP contribution in [-0.4, -0.2) is 31.8 Å². The van der Waals surface area contributed by atoms with Gasteiger partial charge in [0, 0.05) is 25.8 Å². The van der Waals surface area contributed by atoms with Crippen LogP contribution in [0, 0.1) is 0 Å². The van der Waals surface area contributed by atoms with Crippen LogP contribution < -0.4 is 14.8 Å². The van der Waals surface area contributed by atoms with E-state index in [4.69, 9.17) is 0 Å². The summed E-state index contributed by atoms with van der Waals surface area (Å²) in [5.74, 6) is -0.731. The number of halogens is 3. The van der Waals surface area contributed by atoms with Gasteiger partial charge in [0.25, 0.3) is 5.91 Å². The van der Waals surface area contributed by atoms with E-state index in [0.717, 1.165) is 12.1 Å². The van der Waals surface area contributed by atoms with Gasteiger partial charge in [0.15, 0.2) is 0 Å². The molecule has 0 spiro atoms. The molecule has 0 atom stereocenters. The molecule has 0 radical (unpaired) electrons. The van der Waals surface area contributed by atoms with Gasteiger partial charge >= 0.3 is 6.36 Å². The number of aryl methyl sites for hydroxylation is 1. The van der Waals surface area contributed by atoms with Crippen LogP contribution in [0.25, 0.3) is 0 Å². The highest BCUT2D eigenvalue weighted by atomic mass is 32.2. The molecule has 27 heavy (non-hydrogen) atoms. The normalized spacial score (nSPS) is 15.0. The number of carbonyl (C=O) groups excluding carboxylic acids is 1. The van der Waals surface area contributed by atoms with E-state index in [2.05, 4.69) is 14.8 Å². The third kappa shape index (κ3) is 4.80. The molecule has 0 fully saturated rings. The minimum absolute atomic E-state index is 0.0495. The van der Waals surface area contributed by atoms with E-state index in [1.165, 1.54) is 24.4 Å². The first-order chi connectivity index (χ1) is 12.6. The van der Waals surface area contributed by atoms with Crippen LogP contribution in [0.1, 0.15) is 22.5 Å². The monoisotopic (exact) mass is 403 g/mol. The van der Waals surface area contributed by atoms with Crippen molar-refractivity contribution in [3.8, 4) is 5.75 Å². The minimum atomic E-state index is -4.79. The molecule has 2 heterocycles. The molecular formula is C16H16F3N3O4S. The van der Waals surface area contributed by atoms with Gasteiger partial charge in [0.05, 0.1) is 0 Å². The van der Waals surface area contributed by atoms with Crippen molar-refractivity contribution in [1.29, 1.82) is 0 Å². The summed E-state index contributed by atoms with van der Waals surface area (Å²) in [6.45, 7) is 0.917. The number of rotatable bonds is 5. The molecule has 0 saturated carbocycles. The van der Waals surface area contributed by atoms with Crippen LogP contribution in [0.4, 0.5) is 13.2 Å². The number of sulfonamides is 1. The molecule has 2 aromatic rings. The van der Waals surface area contributed by atoms with Crippen LogP contribution in [0.3, 0.4) is 0 Å². The highest BCUT2D eigenvalue weighted by Crippen LogP contribution is 2.23. The predicted molar refractivity (Wildman–Crippen MR) is 88.5 cm³/mol. The van der Waals surface area contributed by atoms with Gasteiger partial charge < -0.3 is 14.6 Å². The van der Waals surface area contributed by atoms with Gasteiger partial charge in [0.2, 0.25) is 10.0 Å². The molecule has 2 N–H and O–H groups in total. The molecule has 0 aliphatic carbocycles. The zero-order valence-corrected chi connectivity index (χ0v) is 14.7. The molecule has 7 nitrogen and oxygen atoms in total. The van der Waals surface area contributed by atoms with Crippen molar-refractivity contribution in [3.63, 3.8) is 0 Å². The van der Waals surface area contributed by atoms with Gasteiger partial charge in [0.1, 0.15) is 16.3 Å². The summed E-state index contributed by atoms with van der Waals surface area (Å²) in [6, 6.07) is 6.14. The Bertz CT molecular complexity index is 937. The Kier molecular flexibility index (Phi) is 5.16. The molecule has 0 saturated heterocycles. The minimum Gasteiger partial charge on any atom is -0.406 e. The fraction of sp³-hybridized carbons (Fsp3) is 0.312. The van der Waals surface area contributed by atoms with Crippen LogP contribution in [-0.2, 0) is 23.1 Å². The highest BCUT2D eigenvalue weighted by molar-refractivity contribution is 7.89. The maximum Gasteiger partial charge on any atom is 0.573 e. The van der Waals surface area contributed by atoms with E-state index >= 15 is 0 Å². The lowest BCUT2D eigenvalue weighted by atomic mass is 10.2. The summed E-state index contributed by atoms with van der Waals surface area (Å²) in [7, 11) is -3.89. The zero-order valence-electron chi connectivity index (χ0n) is 13.9. The van der Waals surface area contributed by atoms with Gasteiger partial charge in [-0.25, -0.2) is 13.1 Å².